The van der Waals surface area contributed by atoms with Gasteiger partial charge in [-0.1, -0.05) is 12.1 Å². The number of fused-ring (bicyclic) bond motifs is 1. The minimum atomic E-state index is -0.902. The molecule has 0 bridgehead atoms. The van der Waals surface area contributed by atoms with Crippen LogP contribution in [-0.2, 0) is 14.3 Å². The van der Waals surface area contributed by atoms with E-state index in [1.165, 1.54) is 26.2 Å². The Kier molecular flexibility index (Phi) is 5.91. The number of nitrogens with zero attached hydrogens (tertiary/aromatic N) is 1. The molecule has 2 aliphatic rings. The third kappa shape index (κ3) is 3.50. The van der Waals surface area contributed by atoms with E-state index in [0.29, 0.717) is 34.1 Å². The van der Waals surface area contributed by atoms with Crippen molar-refractivity contribution in [2.75, 3.05) is 41.3 Å². The number of carbonyl (C=O) groups excluding carboxylic acids is 2. The Balaban J connectivity index is 1.91. The molecule has 0 saturated carbocycles. The summed E-state index contributed by atoms with van der Waals surface area (Å²) in [6.07, 6.45) is 0. The number of methoxy groups -OCH3 is 3. The van der Waals surface area contributed by atoms with Gasteiger partial charge in [-0.3, -0.25) is 9.59 Å². The third-order valence-corrected chi connectivity index (χ3v) is 5.45. The van der Waals surface area contributed by atoms with Crippen molar-refractivity contribution < 1.29 is 38.4 Å². The lowest BCUT2D eigenvalue weighted by Gasteiger charge is -2.27. The number of hydrogen-bond acceptors (Lipinski definition) is 8. The van der Waals surface area contributed by atoms with Crippen molar-refractivity contribution in [2.24, 2.45) is 0 Å². The molecule has 1 N–H and O–H groups in total. The number of benzene rings is 2. The topological polar surface area (TPSA) is 104 Å². The quantitative estimate of drug-likeness (QED) is 0.397. The molecule has 2 aromatic rings. The fraction of sp³-hybridized carbons (Fsp3) is 0.304. The van der Waals surface area contributed by atoms with E-state index in [1.807, 2.05) is 0 Å². The number of carbonyl (C=O) groups is 2. The lowest BCUT2D eigenvalue weighted by atomic mass is 9.94. The van der Waals surface area contributed by atoms with Gasteiger partial charge in [0.2, 0.25) is 6.79 Å². The summed E-state index contributed by atoms with van der Waals surface area (Å²) in [5.74, 6) is -0.0839. The molecule has 32 heavy (non-hydrogen) atoms. The Hall–Kier alpha value is -3.72. The third-order valence-electron chi connectivity index (χ3n) is 5.45. The van der Waals surface area contributed by atoms with Crippen LogP contribution in [0.4, 0.5) is 0 Å². The van der Waals surface area contributed by atoms with Crippen molar-refractivity contribution in [3.8, 4) is 23.0 Å². The summed E-state index contributed by atoms with van der Waals surface area (Å²) in [5, 5.41) is 11.2. The predicted octanol–water partition coefficient (Wildman–Crippen LogP) is 2.50. The van der Waals surface area contributed by atoms with Crippen LogP contribution >= 0.6 is 0 Å². The Morgan fingerprint density at radius 2 is 1.88 bits per heavy atom. The smallest absolute Gasteiger partial charge is 0.295 e. The van der Waals surface area contributed by atoms with Gasteiger partial charge in [-0.2, -0.15) is 0 Å². The maximum absolute atomic E-state index is 13.1. The second-order valence-corrected chi connectivity index (χ2v) is 7.14. The lowest BCUT2D eigenvalue weighted by Crippen LogP contribution is -2.32. The second-order valence-electron chi connectivity index (χ2n) is 7.14. The predicted molar refractivity (Wildman–Crippen MR) is 113 cm³/mol. The van der Waals surface area contributed by atoms with Crippen LogP contribution in [0, 0.1) is 0 Å². The molecule has 1 unspecified atom stereocenters. The molecule has 1 saturated heterocycles. The van der Waals surface area contributed by atoms with Gasteiger partial charge in [0.15, 0.2) is 23.0 Å². The molecule has 2 heterocycles. The highest BCUT2D eigenvalue weighted by Crippen LogP contribution is 2.46. The molecular weight excluding hydrogens is 418 g/mol. The Bertz CT molecular complexity index is 1090. The van der Waals surface area contributed by atoms with Crippen LogP contribution in [-0.4, -0.2) is 63.0 Å². The summed E-state index contributed by atoms with van der Waals surface area (Å²) in [5.41, 5.74) is 0.770. The summed E-state index contributed by atoms with van der Waals surface area (Å²) in [7, 11) is 4.47. The van der Waals surface area contributed by atoms with E-state index in [-0.39, 0.29) is 31.3 Å². The zero-order valence-electron chi connectivity index (χ0n) is 17.9. The molecule has 0 aliphatic carbocycles. The van der Waals surface area contributed by atoms with Crippen molar-refractivity contribution in [2.45, 2.75) is 6.04 Å². The zero-order valence-corrected chi connectivity index (χ0v) is 17.9. The Morgan fingerprint density at radius 1 is 1.09 bits per heavy atom. The van der Waals surface area contributed by atoms with Gasteiger partial charge in [-0.15, -0.1) is 0 Å². The number of amides is 1. The van der Waals surface area contributed by atoms with Gasteiger partial charge in [-0.05, 0) is 24.3 Å². The summed E-state index contributed by atoms with van der Waals surface area (Å²) in [4.78, 5) is 27.4. The average Bonchev–Trinajstić information content (AvgIpc) is 3.38. The molecule has 1 fully saturated rings. The fourth-order valence-electron chi connectivity index (χ4n) is 3.95. The first kappa shape index (κ1) is 21.5. The molecule has 0 spiro atoms. The highest BCUT2D eigenvalue weighted by Gasteiger charge is 2.47. The number of aliphatic hydroxyl groups excluding tert-OH is 1. The minimum absolute atomic E-state index is 0.0588. The van der Waals surface area contributed by atoms with E-state index in [4.69, 9.17) is 23.7 Å². The molecule has 9 nitrogen and oxygen atoms in total. The normalized spacial score (nSPS) is 18.8. The molecule has 168 valence electrons. The van der Waals surface area contributed by atoms with Crippen LogP contribution in [0.2, 0.25) is 0 Å². The van der Waals surface area contributed by atoms with Crippen molar-refractivity contribution >= 4 is 17.4 Å². The van der Waals surface area contributed by atoms with Crippen molar-refractivity contribution in [1.82, 2.24) is 4.90 Å². The molecule has 0 aromatic heterocycles. The Morgan fingerprint density at radius 3 is 2.59 bits per heavy atom. The molecule has 4 rings (SSSR count). The van der Waals surface area contributed by atoms with E-state index in [2.05, 4.69) is 0 Å². The maximum Gasteiger partial charge on any atom is 0.295 e. The number of rotatable bonds is 7. The number of para-hydroxylation sites is 1. The second kappa shape index (κ2) is 8.80. The van der Waals surface area contributed by atoms with Crippen molar-refractivity contribution in [1.29, 1.82) is 0 Å². The molecule has 1 atom stereocenters. The monoisotopic (exact) mass is 441 g/mol. The molecule has 1 amide bonds. The zero-order chi connectivity index (χ0) is 22.8. The standard InChI is InChI=1S/C23H23NO8/c1-28-10-9-24-19(14-5-4-6-16(29-2)22(14)30-3)18(21(26)23(24)27)20(25)13-7-8-15-17(11-13)32-12-31-15/h4-8,11,19,25H,9-10,12H2,1-3H3/b20-18+. The first-order valence-electron chi connectivity index (χ1n) is 9.90. The lowest BCUT2D eigenvalue weighted by molar-refractivity contribution is -0.140. The molecular formula is C23H23NO8. The Labute approximate surface area is 184 Å². The van der Waals surface area contributed by atoms with Crippen LogP contribution in [0.15, 0.2) is 42.0 Å². The van der Waals surface area contributed by atoms with E-state index >= 15 is 0 Å². The number of ether oxygens (including phenoxy) is 5. The molecule has 2 aliphatic heterocycles. The summed E-state index contributed by atoms with van der Waals surface area (Å²) >= 11 is 0. The van der Waals surface area contributed by atoms with Gasteiger partial charge in [0.05, 0.1) is 32.4 Å². The number of Topliss-reactive ketones (excluding diaryl/α,β-unsaturated/α-hetero) is 1. The van der Waals surface area contributed by atoms with E-state index in [0.717, 1.165) is 0 Å². The van der Waals surface area contributed by atoms with Crippen LogP contribution in [0.3, 0.4) is 0 Å². The fourth-order valence-corrected chi connectivity index (χ4v) is 3.95. The SMILES string of the molecule is COCCN1C(=O)C(=O)/C(=C(/O)c2ccc3c(c2)OCO3)C1c1cccc(OC)c1OC. The first-order valence-corrected chi connectivity index (χ1v) is 9.90. The van der Waals surface area contributed by atoms with Gasteiger partial charge < -0.3 is 33.7 Å². The molecule has 9 heteroatoms. The van der Waals surface area contributed by atoms with Crippen LogP contribution in [0.25, 0.3) is 5.76 Å². The first-order chi connectivity index (χ1) is 15.5. The van der Waals surface area contributed by atoms with Crippen LogP contribution in [0.5, 0.6) is 23.0 Å². The highest BCUT2D eigenvalue weighted by molar-refractivity contribution is 6.46. The average molecular weight is 441 g/mol. The molecule has 0 radical (unpaired) electrons. The van der Waals surface area contributed by atoms with Gasteiger partial charge in [0.25, 0.3) is 11.7 Å². The summed E-state index contributed by atoms with van der Waals surface area (Å²) in [6.45, 7) is 0.422. The van der Waals surface area contributed by atoms with Gasteiger partial charge >= 0.3 is 0 Å². The minimum Gasteiger partial charge on any atom is -0.507 e. The largest absolute Gasteiger partial charge is 0.507 e. The van der Waals surface area contributed by atoms with E-state index in [1.54, 1.807) is 36.4 Å². The number of hydrogen-bond donors (Lipinski definition) is 1. The summed E-state index contributed by atoms with van der Waals surface area (Å²) in [6, 6.07) is 9.07. The summed E-state index contributed by atoms with van der Waals surface area (Å²) < 4.78 is 26.8. The van der Waals surface area contributed by atoms with Crippen molar-refractivity contribution in [3.63, 3.8) is 0 Å². The molecule has 2 aromatic carbocycles. The van der Waals surface area contributed by atoms with Crippen LogP contribution in [0.1, 0.15) is 17.2 Å². The van der Waals surface area contributed by atoms with E-state index in [9.17, 15) is 14.7 Å². The highest BCUT2D eigenvalue weighted by atomic mass is 16.7. The van der Waals surface area contributed by atoms with Crippen molar-refractivity contribution in [3.05, 3.63) is 53.1 Å². The number of likely N-dealkylation sites (tertiary alicyclic amines) is 1. The van der Waals surface area contributed by atoms with Gasteiger partial charge in [-0.25, -0.2) is 0 Å². The number of ketones is 1. The van der Waals surface area contributed by atoms with Crippen LogP contribution < -0.4 is 18.9 Å². The van der Waals surface area contributed by atoms with E-state index < -0.39 is 17.7 Å². The number of aliphatic hydroxyl groups is 1. The van der Waals surface area contributed by atoms with Gasteiger partial charge in [0.1, 0.15) is 5.76 Å². The van der Waals surface area contributed by atoms with Gasteiger partial charge in [0, 0.05) is 24.8 Å². The maximum atomic E-state index is 13.1.